The Morgan fingerprint density at radius 3 is 2.17 bits per heavy atom. The van der Waals surface area contributed by atoms with Gasteiger partial charge >= 0.3 is 0 Å². The van der Waals surface area contributed by atoms with Crippen LogP contribution < -0.4 is 11.1 Å². The molecule has 0 heterocycles. The number of halogens is 1. The van der Waals surface area contributed by atoms with Gasteiger partial charge in [-0.1, -0.05) is 57.9 Å². The highest BCUT2D eigenvalue weighted by atomic mass is 35.5. The van der Waals surface area contributed by atoms with Gasteiger partial charge in [0, 0.05) is 6.42 Å². The fourth-order valence-corrected chi connectivity index (χ4v) is 2.45. The summed E-state index contributed by atoms with van der Waals surface area (Å²) in [4.78, 5) is 11.9. The summed E-state index contributed by atoms with van der Waals surface area (Å²) >= 11 is 0. The number of unbranched alkanes of at least 4 members (excludes halogenated alkanes) is 3. The molecule has 0 aliphatic rings. The molecule has 4 heteroatoms. The predicted octanol–water partition coefficient (Wildman–Crippen LogP) is 4.49. The van der Waals surface area contributed by atoms with E-state index in [-0.39, 0.29) is 29.8 Å². The zero-order chi connectivity index (χ0) is 16.6. The van der Waals surface area contributed by atoms with E-state index in [9.17, 15) is 4.79 Å². The van der Waals surface area contributed by atoms with Gasteiger partial charge in [-0.05, 0) is 42.9 Å². The second-order valence-electron chi connectivity index (χ2n) is 7.11. The first kappa shape index (κ1) is 21.9. The largest absolute Gasteiger partial charge is 0.350 e. The lowest BCUT2D eigenvalue weighted by atomic mass is 9.86. The second-order valence-corrected chi connectivity index (χ2v) is 7.11. The van der Waals surface area contributed by atoms with E-state index in [1.807, 2.05) is 6.92 Å². The lowest BCUT2D eigenvalue weighted by molar-refractivity contribution is -0.121. The molecule has 0 fully saturated rings. The van der Waals surface area contributed by atoms with Crippen molar-refractivity contribution in [1.29, 1.82) is 0 Å². The maximum Gasteiger partial charge on any atom is 0.220 e. The molecule has 0 saturated heterocycles. The average molecular weight is 341 g/mol. The summed E-state index contributed by atoms with van der Waals surface area (Å²) in [6.45, 7) is 9.40. The number of nitrogens with one attached hydrogen (secondary N) is 1. The lowest BCUT2D eigenvalue weighted by Crippen LogP contribution is -2.26. The number of carbonyl (C=O) groups is 1. The number of nitrogens with two attached hydrogens (primary N) is 1. The van der Waals surface area contributed by atoms with Crippen molar-refractivity contribution >= 4 is 18.3 Å². The smallest absolute Gasteiger partial charge is 0.220 e. The Labute approximate surface area is 147 Å². The zero-order valence-electron chi connectivity index (χ0n) is 15.0. The summed E-state index contributed by atoms with van der Waals surface area (Å²) < 4.78 is 0. The van der Waals surface area contributed by atoms with E-state index in [4.69, 9.17) is 5.73 Å². The van der Waals surface area contributed by atoms with Crippen LogP contribution in [-0.4, -0.2) is 12.5 Å². The van der Waals surface area contributed by atoms with E-state index >= 15 is 0 Å². The zero-order valence-corrected chi connectivity index (χ0v) is 15.8. The van der Waals surface area contributed by atoms with Crippen LogP contribution in [0.1, 0.15) is 77.0 Å². The van der Waals surface area contributed by atoms with Gasteiger partial charge in [-0.2, -0.15) is 0 Å². The van der Waals surface area contributed by atoms with Crippen molar-refractivity contribution in [1.82, 2.24) is 5.32 Å². The number of rotatable bonds is 8. The van der Waals surface area contributed by atoms with E-state index in [0.717, 1.165) is 37.8 Å². The van der Waals surface area contributed by atoms with Gasteiger partial charge in [0.05, 0.1) is 6.04 Å². The summed E-state index contributed by atoms with van der Waals surface area (Å²) in [6.07, 6.45) is 4.81. The molecule has 3 N–H and O–H groups in total. The Balaban J connectivity index is 0.00000484. The molecule has 0 aliphatic heterocycles. The lowest BCUT2D eigenvalue weighted by Gasteiger charge is -2.20. The summed E-state index contributed by atoms with van der Waals surface area (Å²) in [5.74, 6) is 0.139. The predicted molar refractivity (Wildman–Crippen MR) is 101 cm³/mol. The maximum absolute atomic E-state index is 11.9. The first-order valence-corrected chi connectivity index (χ1v) is 8.44. The number of benzene rings is 1. The van der Waals surface area contributed by atoms with Crippen molar-refractivity contribution in [3.05, 3.63) is 35.4 Å². The Bertz CT molecular complexity index is 451. The molecule has 1 rings (SSSR count). The minimum atomic E-state index is 0. The Kier molecular flexibility index (Phi) is 10.2. The molecule has 1 amide bonds. The van der Waals surface area contributed by atoms with Crippen LogP contribution in [-0.2, 0) is 10.2 Å². The van der Waals surface area contributed by atoms with Gasteiger partial charge < -0.3 is 11.1 Å². The van der Waals surface area contributed by atoms with E-state index < -0.39 is 0 Å². The quantitative estimate of drug-likeness (QED) is 0.685. The van der Waals surface area contributed by atoms with Crippen molar-refractivity contribution in [2.24, 2.45) is 5.73 Å². The molecule has 0 saturated carbocycles. The van der Waals surface area contributed by atoms with Gasteiger partial charge in [0.15, 0.2) is 0 Å². The van der Waals surface area contributed by atoms with Gasteiger partial charge in [0.1, 0.15) is 0 Å². The number of hydrogen-bond donors (Lipinski definition) is 2. The molecular weight excluding hydrogens is 308 g/mol. The third-order valence-corrected chi connectivity index (χ3v) is 4.01. The fraction of sp³-hybridized carbons (Fsp3) is 0.632. The van der Waals surface area contributed by atoms with E-state index in [1.165, 1.54) is 5.56 Å². The van der Waals surface area contributed by atoms with E-state index in [1.54, 1.807) is 0 Å². The van der Waals surface area contributed by atoms with E-state index in [2.05, 4.69) is 50.4 Å². The van der Waals surface area contributed by atoms with Crippen LogP contribution in [0, 0.1) is 0 Å². The Morgan fingerprint density at radius 2 is 1.65 bits per heavy atom. The van der Waals surface area contributed by atoms with Crippen LogP contribution in [0.4, 0.5) is 0 Å². The first-order valence-electron chi connectivity index (χ1n) is 8.44. The molecule has 0 aromatic heterocycles. The molecule has 0 radical (unpaired) electrons. The van der Waals surface area contributed by atoms with Gasteiger partial charge in [-0.3, -0.25) is 4.79 Å². The van der Waals surface area contributed by atoms with Gasteiger partial charge in [-0.25, -0.2) is 0 Å². The van der Waals surface area contributed by atoms with Gasteiger partial charge in [0.25, 0.3) is 0 Å². The fourth-order valence-electron chi connectivity index (χ4n) is 2.45. The van der Waals surface area contributed by atoms with E-state index in [0.29, 0.717) is 6.42 Å². The minimum absolute atomic E-state index is 0. The molecule has 0 aliphatic carbocycles. The molecule has 3 nitrogen and oxygen atoms in total. The SMILES string of the molecule is CC(NC(=O)CCCCCCN)c1ccc(C(C)(C)C)cc1.Cl. The third kappa shape index (κ3) is 8.38. The molecule has 0 spiro atoms. The van der Waals surface area contributed by atoms with Crippen LogP contribution in [0.25, 0.3) is 0 Å². The van der Waals surface area contributed by atoms with Crippen molar-refractivity contribution < 1.29 is 4.79 Å². The summed E-state index contributed by atoms with van der Waals surface area (Å²) in [6, 6.07) is 8.61. The summed E-state index contributed by atoms with van der Waals surface area (Å²) in [7, 11) is 0. The van der Waals surface area contributed by atoms with Crippen LogP contribution in [0.3, 0.4) is 0 Å². The van der Waals surface area contributed by atoms with Crippen molar-refractivity contribution in [3.8, 4) is 0 Å². The van der Waals surface area contributed by atoms with Crippen molar-refractivity contribution in [2.75, 3.05) is 6.54 Å². The van der Waals surface area contributed by atoms with Crippen LogP contribution in [0.5, 0.6) is 0 Å². The monoisotopic (exact) mass is 340 g/mol. The molecule has 1 unspecified atom stereocenters. The molecule has 1 atom stereocenters. The average Bonchev–Trinajstić information content (AvgIpc) is 2.46. The van der Waals surface area contributed by atoms with Gasteiger partial charge in [-0.15, -0.1) is 12.4 Å². The highest BCUT2D eigenvalue weighted by Gasteiger charge is 2.14. The molecule has 0 bridgehead atoms. The maximum atomic E-state index is 11.9. The topological polar surface area (TPSA) is 55.1 Å². The summed E-state index contributed by atoms with van der Waals surface area (Å²) in [5, 5.41) is 3.08. The Morgan fingerprint density at radius 1 is 1.09 bits per heavy atom. The molecular formula is C19H33ClN2O. The van der Waals surface area contributed by atoms with Crippen LogP contribution in [0.2, 0.25) is 0 Å². The molecule has 1 aromatic carbocycles. The standard InChI is InChI=1S/C19H32N2O.ClH/c1-15(21-18(22)9-7-5-6-8-14-20)16-10-12-17(13-11-16)19(2,3)4;/h10-13,15H,5-9,14,20H2,1-4H3,(H,21,22);1H. The highest BCUT2D eigenvalue weighted by molar-refractivity contribution is 5.85. The molecule has 132 valence electrons. The highest BCUT2D eigenvalue weighted by Crippen LogP contribution is 2.23. The van der Waals surface area contributed by atoms with Crippen molar-refractivity contribution in [2.45, 2.75) is 71.3 Å². The first-order chi connectivity index (χ1) is 10.3. The second kappa shape index (κ2) is 10.7. The number of hydrogen-bond acceptors (Lipinski definition) is 2. The Hall–Kier alpha value is -1.06. The van der Waals surface area contributed by atoms with Gasteiger partial charge in [0.2, 0.25) is 5.91 Å². The molecule has 23 heavy (non-hydrogen) atoms. The molecule has 1 aromatic rings. The number of amides is 1. The minimum Gasteiger partial charge on any atom is -0.350 e. The van der Waals surface area contributed by atoms with Crippen LogP contribution in [0.15, 0.2) is 24.3 Å². The third-order valence-electron chi connectivity index (χ3n) is 4.01. The van der Waals surface area contributed by atoms with Crippen molar-refractivity contribution in [3.63, 3.8) is 0 Å². The van der Waals surface area contributed by atoms with Crippen LogP contribution >= 0.6 is 12.4 Å². The summed E-state index contributed by atoms with van der Waals surface area (Å²) in [5.41, 5.74) is 8.09. The number of carbonyl (C=O) groups excluding carboxylic acids is 1. The normalized spacial score (nSPS) is 12.4.